The van der Waals surface area contributed by atoms with Gasteiger partial charge in [0.15, 0.2) is 0 Å². The molecule has 0 aromatic heterocycles. The number of aliphatic hydroxyl groups is 1. The molecule has 1 aromatic rings. The maximum atomic E-state index is 10.6. The fraction of sp³-hybridized carbons (Fsp3) is 0.600. The van der Waals surface area contributed by atoms with Crippen molar-refractivity contribution in [3.63, 3.8) is 0 Å². The van der Waals surface area contributed by atoms with Crippen molar-refractivity contribution in [1.82, 2.24) is 0 Å². The molecule has 1 nitrogen and oxygen atoms in total. The second kappa shape index (κ2) is 5.94. The lowest BCUT2D eigenvalue weighted by Gasteiger charge is -2.34. The Balaban J connectivity index is 2.19. The summed E-state index contributed by atoms with van der Waals surface area (Å²) in [5, 5.41) is 11.3. The molecular formula is C15H20BrClO. The first-order chi connectivity index (χ1) is 8.47. The largest absolute Gasteiger partial charge is 0.388 e. The fourth-order valence-electron chi connectivity index (χ4n) is 3.26. The first-order valence-corrected chi connectivity index (χ1v) is 7.77. The molecule has 1 aliphatic carbocycles. The smallest absolute Gasteiger partial charge is 0.0829 e. The van der Waals surface area contributed by atoms with Crippen LogP contribution < -0.4 is 0 Å². The van der Waals surface area contributed by atoms with E-state index in [0.717, 1.165) is 22.9 Å². The van der Waals surface area contributed by atoms with Crippen LogP contribution in [0.15, 0.2) is 22.7 Å². The second-order valence-electron chi connectivity index (χ2n) is 5.79. The van der Waals surface area contributed by atoms with E-state index in [1.807, 2.05) is 18.2 Å². The van der Waals surface area contributed by atoms with Gasteiger partial charge < -0.3 is 5.11 Å². The maximum absolute atomic E-state index is 10.6. The van der Waals surface area contributed by atoms with Crippen molar-refractivity contribution in [2.24, 2.45) is 17.8 Å². The van der Waals surface area contributed by atoms with Gasteiger partial charge in [-0.15, -0.1) is 0 Å². The highest BCUT2D eigenvalue weighted by atomic mass is 79.9. The molecule has 1 fully saturated rings. The molecule has 0 saturated heterocycles. The Bertz CT molecular complexity index is 411. The van der Waals surface area contributed by atoms with E-state index in [1.165, 1.54) is 6.42 Å². The zero-order valence-electron chi connectivity index (χ0n) is 10.9. The first-order valence-electron chi connectivity index (χ1n) is 6.60. The van der Waals surface area contributed by atoms with Gasteiger partial charge in [-0.25, -0.2) is 0 Å². The van der Waals surface area contributed by atoms with E-state index in [9.17, 15) is 5.11 Å². The third kappa shape index (κ3) is 3.28. The number of rotatable bonds is 2. The van der Waals surface area contributed by atoms with Crippen LogP contribution in [0, 0.1) is 17.8 Å². The Morgan fingerprint density at radius 3 is 2.44 bits per heavy atom. The number of aliphatic hydroxyl groups excluding tert-OH is 1. The lowest BCUT2D eigenvalue weighted by atomic mass is 9.73. The summed E-state index contributed by atoms with van der Waals surface area (Å²) in [5.74, 6) is 1.75. The van der Waals surface area contributed by atoms with Gasteiger partial charge in [0.1, 0.15) is 0 Å². The second-order valence-corrected chi connectivity index (χ2v) is 7.08. The van der Waals surface area contributed by atoms with Crippen LogP contribution in [0.25, 0.3) is 0 Å². The van der Waals surface area contributed by atoms with Crippen molar-refractivity contribution in [1.29, 1.82) is 0 Å². The number of halogens is 2. The quantitative estimate of drug-likeness (QED) is 0.789. The molecule has 100 valence electrons. The first kappa shape index (κ1) is 14.4. The Hall–Kier alpha value is -0.0500. The minimum Gasteiger partial charge on any atom is -0.388 e. The van der Waals surface area contributed by atoms with Gasteiger partial charge in [-0.05, 0) is 60.8 Å². The summed E-state index contributed by atoms with van der Waals surface area (Å²) in [4.78, 5) is 0. The minimum absolute atomic E-state index is 0.346. The normalized spacial score (nSPS) is 30.2. The monoisotopic (exact) mass is 330 g/mol. The highest BCUT2D eigenvalue weighted by Crippen LogP contribution is 2.41. The molecule has 1 N–H and O–H groups in total. The van der Waals surface area contributed by atoms with Crippen LogP contribution in [0.2, 0.25) is 5.02 Å². The van der Waals surface area contributed by atoms with Crippen molar-refractivity contribution in [2.45, 2.75) is 39.2 Å². The average Bonchev–Trinajstić information content (AvgIpc) is 2.30. The number of hydrogen-bond acceptors (Lipinski definition) is 1. The molecular weight excluding hydrogens is 312 g/mol. The Morgan fingerprint density at radius 2 is 1.83 bits per heavy atom. The van der Waals surface area contributed by atoms with Crippen LogP contribution >= 0.6 is 27.5 Å². The van der Waals surface area contributed by atoms with E-state index in [0.29, 0.717) is 22.8 Å². The SMILES string of the molecule is CC1CC(C)CC(C(O)c2cc(Cl)ccc2Br)C1. The van der Waals surface area contributed by atoms with Crippen molar-refractivity contribution in [3.8, 4) is 0 Å². The molecule has 3 unspecified atom stereocenters. The van der Waals surface area contributed by atoms with Crippen LogP contribution in [-0.4, -0.2) is 5.11 Å². The van der Waals surface area contributed by atoms with Crippen molar-refractivity contribution in [3.05, 3.63) is 33.3 Å². The molecule has 1 aliphatic rings. The Morgan fingerprint density at radius 1 is 1.22 bits per heavy atom. The van der Waals surface area contributed by atoms with Crippen molar-refractivity contribution < 1.29 is 5.11 Å². The zero-order valence-corrected chi connectivity index (χ0v) is 13.2. The predicted octanol–water partition coefficient (Wildman–Crippen LogP) is 5.21. The summed E-state index contributed by atoms with van der Waals surface area (Å²) in [5.41, 5.74) is 0.925. The van der Waals surface area contributed by atoms with E-state index in [4.69, 9.17) is 11.6 Å². The van der Waals surface area contributed by atoms with Gasteiger partial charge in [-0.2, -0.15) is 0 Å². The third-order valence-electron chi connectivity index (χ3n) is 3.94. The van der Waals surface area contributed by atoms with Gasteiger partial charge in [-0.3, -0.25) is 0 Å². The number of benzene rings is 1. The molecule has 2 rings (SSSR count). The van der Waals surface area contributed by atoms with E-state index < -0.39 is 6.10 Å². The molecule has 0 radical (unpaired) electrons. The van der Waals surface area contributed by atoms with Gasteiger partial charge in [0.2, 0.25) is 0 Å². The van der Waals surface area contributed by atoms with Gasteiger partial charge in [-0.1, -0.05) is 41.4 Å². The van der Waals surface area contributed by atoms with Crippen LogP contribution in [0.1, 0.15) is 44.8 Å². The Labute approximate surface area is 123 Å². The molecule has 1 saturated carbocycles. The van der Waals surface area contributed by atoms with Crippen LogP contribution in [0.3, 0.4) is 0 Å². The molecule has 0 amide bonds. The number of hydrogen-bond donors (Lipinski definition) is 1. The van der Waals surface area contributed by atoms with Gasteiger partial charge >= 0.3 is 0 Å². The molecule has 1 aromatic carbocycles. The fourth-order valence-corrected chi connectivity index (χ4v) is 3.92. The topological polar surface area (TPSA) is 20.2 Å². The van der Waals surface area contributed by atoms with Gasteiger partial charge in [0.05, 0.1) is 6.10 Å². The molecule has 0 aliphatic heterocycles. The highest BCUT2D eigenvalue weighted by molar-refractivity contribution is 9.10. The minimum atomic E-state index is -0.414. The summed E-state index contributed by atoms with van der Waals surface area (Å²) in [7, 11) is 0. The zero-order chi connectivity index (χ0) is 13.3. The molecule has 0 bridgehead atoms. The van der Waals surface area contributed by atoms with E-state index in [2.05, 4.69) is 29.8 Å². The highest BCUT2D eigenvalue weighted by Gasteiger charge is 2.30. The van der Waals surface area contributed by atoms with Crippen molar-refractivity contribution in [2.75, 3.05) is 0 Å². The molecule has 0 heterocycles. The molecule has 0 spiro atoms. The average molecular weight is 332 g/mol. The van der Waals surface area contributed by atoms with Crippen LogP contribution in [-0.2, 0) is 0 Å². The van der Waals surface area contributed by atoms with Crippen LogP contribution in [0.4, 0.5) is 0 Å². The molecule has 3 heteroatoms. The van der Waals surface area contributed by atoms with Gasteiger partial charge in [0, 0.05) is 9.50 Å². The lowest BCUT2D eigenvalue weighted by molar-refractivity contribution is 0.0547. The maximum Gasteiger partial charge on any atom is 0.0829 e. The summed E-state index contributed by atoms with van der Waals surface area (Å²) < 4.78 is 0.949. The van der Waals surface area contributed by atoms with Gasteiger partial charge in [0.25, 0.3) is 0 Å². The van der Waals surface area contributed by atoms with Crippen LogP contribution in [0.5, 0.6) is 0 Å². The summed E-state index contributed by atoms with van der Waals surface area (Å²) in [6.07, 6.45) is 3.07. The summed E-state index contributed by atoms with van der Waals surface area (Å²) in [6.45, 7) is 4.56. The molecule has 18 heavy (non-hydrogen) atoms. The lowest BCUT2D eigenvalue weighted by Crippen LogP contribution is -2.24. The van der Waals surface area contributed by atoms with E-state index >= 15 is 0 Å². The standard InChI is InChI=1S/C15H20BrClO/c1-9-5-10(2)7-11(6-9)15(18)13-8-12(17)3-4-14(13)16/h3-4,8-11,15,18H,5-7H2,1-2H3. The predicted molar refractivity (Wildman–Crippen MR) is 79.8 cm³/mol. The van der Waals surface area contributed by atoms with E-state index in [1.54, 1.807) is 0 Å². The summed E-state index contributed by atoms with van der Waals surface area (Å²) in [6, 6.07) is 5.63. The van der Waals surface area contributed by atoms with Crippen molar-refractivity contribution >= 4 is 27.5 Å². The third-order valence-corrected chi connectivity index (χ3v) is 4.90. The molecule has 3 atom stereocenters. The van der Waals surface area contributed by atoms with E-state index in [-0.39, 0.29) is 0 Å². The Kier molecular flexibility index (Phi) is 4.74. The summed E-state index contributed by atoms with van der Waals surface area (Å²) >= 11 is 9.53.